The predicted molar refractivity (Wildman–Crippen MR) is 168 cm³/mol. The molecule has 1 fully saturated rings. The van der Waals surface area contributed by atoms with E-state index in [2.05, 4.69) is 36.4 Å². The molecule has 0 bridgehead atoms. The first-order valence-corrected chi connectivity index (χ1v) is 14.3. The first-order chi connectivity index (χ1) is 20.7. The van der Waals surface area contributed by atoms with E-state index in [4.69, 9.17) is 9.72 Å². The third-order valence-electron chi connectivity index (χ3n) is 7.50. The molecule has 9 nitrogen and oxygen atoms in total. The summed E-state index contributed by atoms with van der Waals surface area (Å²) >= 11 is 0. The number of amides is 2. The minimum absolute atomic E-state index is 0.000450. The normalized spacial score (nSPS) is 13.6. The fourth-order valence-electron chi connectivity index (χ4n) is 5.02. The largest absolute Gasteiger partial charge is 0.378 e. The van der Waals surface area contributed by atoms with Crippen molar-refractivity contribution in [3.8, 4) is 11.3 Å². The third kappa shape index (κ3) is 6.27. The van der Waals surface area contributed by atoms with Crippen LogP contribution in [0.4, 0.5) is 17.2 Å². The summed E-state index contributed by atoms with van der Waals surface area (Å²) in [7, 11) is 0. The van der Waals surface area contributed by atoms with Gasteiger partial charge in [0.25, 0.3) is 11.8 Å². The molecule has 1 saturated heterocycles. The van der Waals surface area contributed by atoms with Gasteiger partial charge in [-0.05, 0) is 59.5 Å². The molecule has 0 unspecified atom stereocenters. The van der Waals surface area contributed by atoms with E-state index >= 15 is 0 Å². The number of carbonyl (C=O) groups excluding carboxylic acids is 2. The van der Waals surface area contributed by atoms with Gasteiger partial charge in [-0.2, -0.15) is 0 Å². The molecule has 0 radical (unpaired) electrons. The summed E-state index contributed by atoms with van der Waals surface area (Å²) < 4.78 is 7.26. The number of hydrogen-bond acceptors (Lipinski definition) is 6. The van der Waals surface area contributed by atoms with Crippen LogP contribution in [0.1, 0.15) is 47.1 Å². The van der Waals surface area contributed by atoms with Crippen LogP contribution >= 0.6 is 0 Å². The number of rotatable bonds is 6. The third-order valence-corrected chi connectivity index (χ3v) is 7.50. The first kappa shape index (κ1) is 28.1. The van der Waals surface area contributed by atoms with E-state index in [1.54, 1.807) is 6.20 Å². The van der Waals surface area contributed by atoms with Gasteiger partial charge in [-0.15, -0.1) is 0 Å². The highest BCUT2D eigenvalue weighted by atomic mass is 16.5. The minimum atomic E-state index is -0.173. The standard InChI is InChI=1S/C34H34N6O3/c1-34(2,3)26-11-7-23(8-12-26)32(41)37-28-6-4-5-25(21-28)29-22-40-16-15-35-31(40)30(38-29)36-27-13-9-24(10-14-27)33(42)39-17-19-43-20-18-39/h4-16,21-22H,17-20H2,1-3H3,(H,36,38)(H,37,41). The van der Waals surface area contributed by atoms with E-state index in [-0.39, 0.29) is 17.2 Å². The zero-order chi connectivity index (χ0) is 30.0. The van der Waals surface area contributed by atoms with Gasteiger partial charge in [0.15, 0.2) is 11.5 Å². The van der Waals surface area contributed by atoms with Gasteiger partial charge in [-0.3, -0.25) is 9.59 Å². The molecule has 43 heavy (non-hydrogen) atoms. The van der Waals surface area contributed by atoms with Crippen molar-refractivity contribution < 1.29 is 14.3 Å². The van der Waals surface area contributed by atoms with Crippen LogP contribution in [0.2, 0.25) is 0 Å². The molecule has 5 aromatic rings. The van der Waals surface area contributed by atoms with Crippen molar-refractivity contribution in [2.24, 2.45) is 0 Å². The number of aromatic nitrogens is 3. The number of fused-ring (bicyclic) bond motifs is 1. The van der Waals surface area contributed by atoms with Crippen molar-refractivity contribution in [3.63, 3.8) is 0 Å². The number of benzene rings is 3. The second kappa shape index (κ2) is 11.7. The molecule has 0 atom stereocenters. The first-order valence-electron chi connectivity index (χ1n) is 14.3. The maximum Gasteiger partial charge on any atom is 0.255 e. The van der Waals surface area contributed by atoms with Crippen LogP contribution in [0, 0.1) is 0 Å². The van der Waals surface area contributed by atoms with Gasteiger partial charge in [-0.1, -0.05) is 45.0 Å². The average molecular weight is 575 g/mol. The Morgan fingerprint density at radius 3 is 2.33 bits per heavy atom. The number of anilines is 3. The second-order valence-electron chi connectivity index (χ2n) is 11.6. The molecule has 0 aliphatic carbocycles. The molecule has 2 amide bonds. The van der Waals surface area contributed by atoms with Crippen molar-refractivity contribution in [2.45, 2.75) is 26.2 Å². The lowest BCUT2D eigenvalue weighted by molar-refractivity contribution is 0.0303. The summed E-state index contributed by atoms with van der Waals surface area (Å²) in [6.07, 6.45) is 5.49. The smallest absolute Gasteiger partial charge is 0.255 e. The number of hydrogen-bond donors (Lipinski definition) is 2. The summed E-state index contributed by atoms with van der Waals surface area (Å²) in [5, 5.41) is 6.37. The predicted octanol–water partition coefficient (Wildman–Crippen LogP) is 6.16. The number of nitrogens with one attached hydrogen (secondary N) is 2. The summed E-state index contributed by atoms with van der Waals surface area (Å²) in [5.74, 6) is 0.399. The molecular formula is C34H34N6O3. The van der Waals surface area contributed by atoms with Crippen molar-refractivity contribution >= 4 is 34.7 Å². The van der Waals surface area contributed by atoms with Gasteiger partial charge >= 0.3 is 0 Å². The number of ether oxygens (including phenoxy) is 1. The van der Waals surface area contributed by atoms with E-state index in [0.717, 1.165) is 11.3 Å². The monoisotopic (exact) mass is 574 g/mol. The van der Waals surface area contributed by atoms with E-state index in [1.165, 1.54) is 5.56 Å². The lowest BCUT2D eigenvalue weighted by atomic mass is 9.87. The molecule has 6 rings (SSSR count). The van der Waals surface area contributed by atoms with Gasteiger partial charge in [-0.25, -0.2) is 9.97 Å². The highest BCUT2D eigenvalue weighted by Gasteiger charge is 2.19. The fraction of sp³-hybridized carbons (Fsp3) is 0.235. The number of morpholine rings is 1. The Hall–Kier alpha value is -5.02. The second-order valence-corrected chi connectivity index (χ2v) is 11.6. The zero-order valence-electron chi connectivity index (χ0n) is 24.5. The Balaban J connectivity index is 1.21. The Labute approximate surface area is 250 Å². The van der Waals surface area contributed by atoms with Gasteiger partial charge in [0, 0.05) is 59.7 Å². The van der Waals surface area contributed by atoms with Gasteiger partial charge in [0.2, 0.25) is 0 Å². The van der Waals surface area contributed by atoms with Crippen molar-refractivity contribution in [3.05, 3.63) is 108 Å². The maximum absolute atomic E-state index is 13.0. The van der Waals surface area contributed by atoms with E-state index < -0.39 is 0 Å². The molecule has 0 spiro atoms. The molecule has 3 heterocycles. The van der Waals surface area contributed by atoms with Gasteiger partial charge < -0.3 is 24.7 Å². The zero-order valence-corrected chi connectivity index (χ0v) is 24.5. The fourth-order valence-corrected chi connectivity index (χ4v) is 5.02. The molecule has 1 aliphatic rings. The van der Waals surface area contributed by atoms with Crippen LogP contribution in [-0.4, -0.2) is 57.4 Å². The summed E-state index contributed by atoms with van der Waals surface area (Å²) in [6.45, 7) is 8.77. The molecule has 9 heteroatoms. The number of carbonyl (C=O) groups is 2. The van der Waals surface area contributed by atoms with E-state index in [9.17, 15) is 9.59 Å². The molecule has 2 N–H and O–H groups in total. The van der Waals surface area contributed by atoms with E-state index in [1.807, 2.05) is 94.5 Å². The highest BCUT2D eigenvalue weighted by molar-refractivity contribution is 6.04. The lowest BCUT2D eigenvalue weighted by Gasteiger charge is -2.26. The van der Waals surface area contributed by atoms with Crippen LogP contribution in [0.3, 0.4) is 0 Å². The Kier molecular flexibility index (Phi) is 7.65. The SMILES string of the molecule is CC(C)(C)c1ccc(C(=O)Nc2cccc(-c3cn4ccnc4c(Nc4ccc(C(=O)N5CCOCC5)cc4)n3)c2)cc1. The van der Waals surface area contributed by atoms with Crippen molar-refractivity contribution in [2.75, 3.05) is 36.9 Å². The van der Waals surface area contributed by atoms with Crippen molar-refractivity contribution in [1.82, 2.24) is 19.3 Å². The maximum atomic E-state index is 13.0. The van der Waals surface area contributed by atoms with Gasteiger partial charge in [0.05, 0.1) is 18.9 Å². The number of imidazole rings is 1. The molecule has 218 valence electrons. The van der Waals surface area contributed by atoms with Crippen molar-refractivity contribution in [1.29, 1.82) is 0 Å². The highest BCUT2D eigenvalue weighted by Crippen LogP contribution is 2.27. The van der Waals surface area contributed by atoms with Crippen LogP contribution in [0.25, 0.3) is 16.9 Å². The molecule has 0 saturated carbocycles. The van der Waals surface area contributed by atoms with Crippen LogP contribution < -0.4 is 10.6 Å². The van der Waals surface area contributed by atoms with E-state index in [0.29, 0.717) is 60.3 Å². The molecule has 1 aliphatic heterocycles. The quantitative estimate of drug-likeness (QED) is 0.252. The minimum Gasteiger partial charge on any atom is -0.378 e. The van der Waals surface area contributed by atoms with Crippen LogP contribution in [0.5, 0.6) is 0 Å². The Bertz CT molecular complexity index is 1770. The molecule has 3 aromatic carbocycles. The number of nitrogens with zero attached hydrogens (tertiary/aromatic N) is 4. The Morgan fingerprint density at radius 1 is 0.884 bits per heavy atom. The summed E-state index contributed by atoms with van der Waals surface area (Å²) in [4.78, 5) is 37.0. The van der Waals surface area contributed by atoms with Crippen LogP contribution in [0.15, 0.2) is 91.4 Å². The van der Waals surface area contributed by atoms with Crippen LogP contribution in [-0.2, 0) is 10.2 Å². The van der Waals surface area contributed by atoms with Gasteiger partial charge in [0.1, 0.15) is 0 Å². The average Bonchev–Trinajstić information content (AvgIpc) is 3.51. The summed E-state index contributed by atoms with van der Waals surface area (Å²) in [5.41, 5.74) is 6.09. The Morgan fingerprint density at radius 2 is 1.60 bits per heavy atom. The lowest BCUT2D eigenvalue weighted by Crippen LogP contribution is -2.40. The molecule has 2 aromatic heterocycles. The molecular weight excluding hydrogens is 540 g/mol. The topological polar surface area (TPSA) is 101 Å². The summed E-state index contributed by atoms with van der Waals surface area (Å²) in [6, 6.07) is 22.7.